The van der Waals surface area contributed by atoms with Gasteiger partial charge in [0.25, 0.3) is 0 Å². The highest BCUT2D eigenvalue weighted by Gasteiger charge is 2.39. The maximum absolute atomic E-state index is 11.6. The van der Waals surface area contributed by atoms with Gasteiger partial charge < -0.3 is 0 Å². The topological polar surface area (TPSA) is 60.4 Å². The number of hydrogen-bond donors (Lipinski definition) is 0. The van der Waals surface area contributed by atoms with E-state index in [4.69, 9.17) is 0 Å². The minimum Gasteiger partial charge on any atom is -0.171 e. The lowest BCUT2D eigenvalue weighted by Crippen LogP contribution is -1.97. The molecule has 0 radical (unpaired) electrons. The average molecular weight is 247 g/mol. The molecule has 0 saturated carbocycles. The SMILES string of the molecule is CCO[P+](=O)S(=O)(=O)c1ccc(C)cc1. The Kier molecular flexibility index (Phi) is 3.97. The number of benzene rings is 1. The van der Waals surface area contributed by atoms with Crippen molar-refractivity contribution in [3.63, 3.8) is 0 Å². The van der Waals surface area contributed by atoms with Gasteiger partial charge in [-0.1, -0.05) is 17.7 Å². The van der Waals surface area contributed by atoms with Crippen molar-refractivity contribution in [2.45, 2.75) is 18.7 Å². The molecule has 0 aromatic heterocycles. The van der Waals surface area contributed by atoms with E-state index in [1.165, 1.54) is 12.1 Å². The quantitative estimate of drug-likeness (QED) is 0.767. The molecule has 0 heterocycles. The fourth-order valence-electron chi connectivity index (χ4n) is 0.971. The van der Waals surface area contributed by atoms with Crippen LogP contribution >= 0.6 is 7.23 Å². The number of aryl methyl sites for hydroxylation is 1. The van der Waals surface area contributed by atoms with Crippen LogP contribution in [-0.2, 0) is 18.5 Å². The summed E-state index contributed by atoms with van der Waals surface area (Å²) in [5.41, 5.74) is 0.945. The summed E-state index contributed by atoms with van der Waals surface area (Å²) in [4.78, 5) is 0.0302. The highest BCUT2D eigenvalue weighted by Crippen LogP contribution is 2.36. The summed E-state index contributed by atoms with van der Waals surface area (Å²) in [6, 6.07) is 6.16. The van der Waals surface area contributed by atoms with Crippen LogP contribution in [0.5, 0.6) is 0 Å². The Bertz CT molecular complexity index is 450. The van der Waals surface area contributed by atoms with Crippen molar-refractivity contribution in [2.24, 2.45) is 0 Å². The lowest BCUT2D eigenvalue weighted by molar-refractivity contribution is 0.359. The van der Waals surface area contributed by atoms with Gasteiger partial charge in [-0.15, -0.1) is 4.52 Å². The molecule has 0 fully saturated rings. The summed E-state index contributed by atoms with van der Waals surface area (Å²) in [5.74, 6) is 0. The third-order valence-electron chi connectivity index (χ3n) is 1.75. The molecule has 0 aliphatic carbocycles. The van der Waals surface area contributed by atoms with Crippen LogP contribution in [0.3, 0.4) is 0 Å². The summed E-state index contributed by atoms with van der Waals surface area (Å²) >= 11 is 0. The number of hydrogen-bond acceptors (Lipinski definition) is 4. The second-order valence-electron chi connectivity index (χ2n) is 2.93. The standard InChI is InChI=1S/C9H12O4PS/c1-3-13-14(10)15(11,12)9-6-4-8(2)5-7-9/h4-7H,3H2,1-2H3/q+1. The van der Waals surface area contributed by atoms with E-state index in [2.05, 4.69) is 4.52 Å². The smallest absolute Gasteiger partial charge is 0.171 e. The van der Waals surface area contributed by atoms with Crippen LogP contribution in [0.1, 0.15) is 12.5 Å². The van der Waals surface area contributed by atoms with E-state index in [9.17, 15) is 13.0 Å². The molecule has 0 aliphatic heterocycles. The van der Waals surface area contributed by atoms with Gasteiger partial charge in [-0.3, -0.25) is 0 Å². The lowest BCUT2D eigenvalue weighted by atomic mass is 10.2. The van der Waals surface area contributed by atoms with E-state index in [1.807, 2.05) is 6.92 Å². The van der Waals surface area contributed by atoms with Crippen molar-refractivity contribution >= 4 is 16.7 Å². The Morgan fingerprint density at radius 3 is 2.27 bits per heavy atom. The Labute approximate surface area is 89.8 Å². The van der Waals surface area contributed by atoms with Gasteiger partial charge in [-0.2, -0.15) is 8.42 Å². The Morgan fingerprint density at radius 1 is 1.27 bits per heavy atom. The normalized spacial score (nSPS) is 12.5. The van der Waals surface area contributed by atoms with Crippen molar-refractivity contribution in [2.75, 3.05) is 6.61 Å². The maximum Gasteiger partial charge on any atom is 0.645 e. The summed E-state index contributed by atoms with van der Waals surface area (Å²) in [6.07, 6.45) is 0. The zero-order valence-corrected chi connectivity index (χ0v) is 10.2. The van der Waals surface area contributed by atoms with E-state index >= 15 is 0 Å². The second-order valence-corrected chi connectivity index (χ2v) is 7.39. The van der Waals surface area contributed by atoms with Crippen molar-refractivity contribution in [1.82, 2.24) is 0 Å². The summed E-state index contributed by atoms with van der Waals surface area (Å²) < 4.78 is 39.2. The fourth-order valence-corrected chi connectivity index (χ4v) is 3.59. The molecule has 1 aromatic rings. The molecule has 1 rings (SSSR count). The van der Waals surface area contributed by atoms with Crippen molar-refractivity contribution < 1.29 is 17.5 Å². The van der Waals surface area contributed by atoms with Crippen LogP contribution in [0.4, 0.5) is 0 Å². The molecule has 0 aliphatic rings. The van der Waals surface area contributed by atoms with Gasteiger partial charge in [0.15, 0.2) is 0 Å². The second kappa shape index (κ2) is 4.84. The molecule has 1 aromatic carbocycles. The Hall–Kier alpha value is -0.770. The van der Waals surface area contributed by atoms with E-state index in [0.29, 0.717) is 0 Å². The summed E-state index contributed by atoms with van der Waals surface area (Å²) in [5, 5.41) is 0. The molecule has 0 saturated heterocycles. The van der Waals surface area contributed by atoms with Crippen LogP contribution in [-0.4, -0.2) is 15.0 Å². The van der Waals surface area contributed by atoms with Crippen LogP contribution in [0.25, 0.3) is 0 Å². The minimum atomic E-state index is -3.83. The first-order valence-corrected chi connectivity index (χ1v) is 7.67. The molecular formula is C9H12O4PS+. The van der Waals surface area contributed by atoms with Crippen molar-refractivity contribution in [3.8, 4) is 0 Å². The lowest BCUT2D eigenvalue weighted by Gasteiger charge is -1.94. The van der Waals surface area contributed by atoms with Crippen LogP contribution < -0.4 is 0 Å². The monoisotopic (exact) mass is 247 g/mol. The van der Waals surface area contributed by atoms with Gasteiger partial charge in [0.1, 0.15) is 11.5 Å². The molecule has 82 valence electrons. The first-order chi connectivity index (χ1) is 6.98. The first-order valence-electron chi connectivity index (χ1n) is 4.40. The highest BCUT2D eigenvalue weighted by molar-refractivity contribution is 8.44. The molecule has 1 unspecified atom stereocenters. The zero-order chi connectivity index (χ0) is 11.5. The van der Waals surface area contributed by atoms with Gasteiger partial charge >= 0.3 is 16.7 Å². The van der Waals surface area contributed by atoms with Gasteiger partial charge in [-0.05, 0) is 30.5 Å². The van der Waals surface area contributed by atoms with Crippen LogP contribution in [0, 0.1) is 6.92 Å². The minimum absolute atomic E-state index is 0.0302. The van der Waals surface area contributed by atoms with Crippen molar-refractivity contribution in [3.05, 3.63) is 29.8 Å². The molecule has 0 N–H and O–H groups in total. The molecule has 0 bridgehead atoms. The third kappa shape index (κ3) is 2.84. The van der Waals surface area contributed by atoms with Gasteiger partial charge in [-0.25, -0.2) is 0 Å². The predicted molar refractivity (Wildman–Crippen MR) is 57.6 cm³/mol. The predicted octanol–water partition coefficient (Wildman–Crippen LogP) is 2.46. The molecule has 6 heteroatoms. The molecule has 4 nitrogen and oxygen atoms in total. The van der Waals surface area contributed by atoms with Gasteiger partial charge in [0, 0.05) is 0 Å². The summed E-state index contributed by atoms with van der Waals surface area (Å²) in [6.45, 7) is 3.55. The first kappa shape index (κ1) is 12.3. The molecule has 15 heavy (non-hydrogen) atoms. The van der Waals surface area contributed by atoms with E-state index in [1.54, 1.807) is 19.1 Å². The zero-order valence-electron chi connectivity index (χ0n) is 8.50. The summed E-state index contributed by atoms with van der Waals surface area (Å²) in [7, 11) is -6.52. The van der Waals surface area contributed by atoms with E-state index < -0.39 is 16.7 Å². The average Bonchev–Trinajstić information content (AvgIpc) is 2.18. The number of rotatable bonds is 4. The molecular weight excluding hydrogens is 235 g/mol. The molecule has 0 spiro atoms. The Balaban J connectivity index is 3.06. The van der Waals surface area contributed by atoms with E-state index in [-0.39, 0.29) is 11.5 Å². The Morgan fingerprint density at radius 2 is 1.80 bits per heavy atom. The molecule has 1 atom stereocenters. The fraction of sp³-hybridized carbons (Fsp3) is 0.333. The van der Waals surface area contributed by atoms with Crippen LogP contribution in [0.2, 0.25) is 0 Å². The van der Waals surface area contributed by atoms with E-state index in [0.717, 1.165) is 5.56 Å². The molecule has 0 amide bonds. The maximum atomic E-state index is 11.6. The largest absolute Gasteiger partial charge is 0.645 e. The van der Waals surface area contributed by atoms with Crippen LogP contribution in [0.15, 0.2) is 29.2 Å². The highest BCUT2D eigenvalue weighted by atomic mass is 32.8. The third-order valence-corrected chi connectivity index (χ3v) is 5.61. The van der Waals surface area contributed by atoms with Gasteiger partial charge in [0.05, 0.1) is 0 Å². The van der Waals surface area contributed by atoms with Gasteiger partial charge in [0.2, 0.25) is 0 Å². The van der Waals surface area contributed by atoms with Crippen molar-refractivity contribution in [1.29, 1.82) is 0 Å².